The Bertz CT molecular complexity index is 455. The third kappa shape index (κ3) is 3.52. The fourth-order valence-electron chi connectivity index (χ4n) is 1.60. The number of aromatic nitrogens is 2. The Morgan fingerprint density at radius 1 is 1.59 bits per heavy atom. The van der Waals surface area contributed by atoms with E-state index in [0.29, 0.717) is 13.1 Å². The third-order valence-electron chi connectivity index (χ3n) is 2.60. The lowest BCUT2D eigenvalue weighted by Gasteiger charge is -2.21. The van der Waals surface area contributed by atoms with E-state index in [-0.39, 0.29) is 0 Å². The van der Waals surface area contributed by atoms with Gasteiger partial charge in [-0.1, -0.05) is 0 Å². The molecule has 1 atom stereocenters. The molecule has 0 amide bonds. The molecule has 7 heteroatoms. The smallest absolute Gasteiger partial charge is 0.218 e. The van der Waals surface area contributed by atoms with Crippen molar-refractivity contribution in [1.29, 1.82) is 0 Å². The van der Waals surface area contributed by atoms with Crippen LogP contribution in [0, 0.1) is 0 Å². The van der Waals surface area contributed by atoms with E-state index in [1.54, 1.807) is 31.9 Å². The normalized spacial score (nSPS) is 14.2. The largest absolute Gasteiger partial charge is 0.318 e. The number of rotatable bonds is 6. The Morgan fingerprint density at radius 2 is 2.24 bits per heavy atom. The number of sulfonamides is 1. The van der Waals surface area contributed by atoms with Crippen LogP contribution in [0.4, 0.5) is 0 Å². The molecule has 0 aliphatic heterocycles. The molecule has 1 heterocycles. The Morgan fingerprint density at radius 3 is 2.71 bits per heavy atom. The highest BCUT2D eigenvalue weighted by Crippen LogP contribution is 2.10. The van der Waals surface area contributed by atoms with Crippen molar-refractivity contribution in [3.8, 4) is 0 Å². The zero-order valence-corrected chi connectivity index (χ0v) is 11.5. The predicted molar refractivity (Wildman–Crippen MR) is 67.0 cm³/mol. The zero-order chi connectivity index (χ0) is 13.1. The van der Waals surface area contributed by atoms with Crippen LogP contribution in [-0.2, 0) is 23.6 Å². The highest BCUT2D eigenvalue weighted by molar-refractivity contribution is 7.89. The molecule has 1 rings (SSSR count). The van der Waals surface area contributed by atoms with Crippen molar-refractivity contribution in [2.24, 2.45) is 7.05 Å². The van der Waals surface area contributed by atoms with Crippen LogP contribution < -0.4 is 5.32 Å². The van der Waals surface area contributed by atoms with E-state index in [4.69, 9.17) is 0 Å². The molecule has 17 heavy (non-hydrogen) atoms. The second kappa shape index (κ2) is 5.61. The van der Waals surface area contributed by atoms with Gasteiger partial charge < -0.3 is 5.32 Å². The molecule has 1 aromatic rings. The lowest BCUT2D eigenvalue weighted by atomic mass is 10.4. The highest BCUT2D eigenvalue weighted by atomic mass is 32.2. The van der Waals surface area contributed by atoms with E-state index in [0.717, 1.165) is 5.56 Å². The van der Waals surface area contributed by atoms with Gasteiger partial charge in [-0.15, -0.1) is 0 Å². The summed E-state index contributed by atoms with van der Waals surface area (Å²) in [6, 6.07) is 0. The van der Waals surface area contributed by atoms with Crippen molar-refractivity contribution < 1.29 is 8.42 Å². The van der Waals surface area contributed by atoms with Crippen molar-refractivity contribution in [3.05, 3.63) is 18.0 Å². The fourth-order valence-corrected chi connectivity index (χ4v) is 2.92. The van der Waals surface area contributed by atoms with Crippen molar-refractivity contribution in [2.75, 3.05) is 20.6 Å². The Labute approximate surface area is 103 Å². The molecule has 0 aliphatic carbocycles. The summed E-state index contributed by atoms with van der Waals surface area (Å²) < 4.78 is 27.2. The van der Waals surface area contributed by atoms with Gasteiger partial charge >= 0.3 is 0 Å². The minimum atomic E-state index is -3.26. The summed E-state index contributed by atoms with van der Waals surface area (Å²) >= 11 is 0. The van der Waals surface area contributed by atoms with E-state index in [9.17, 15) is 8.42 Å². The minimum Gasteiger partial charge on any atom is -0.318 e. The van der Waals surface area contributed by atoms with Crippen LogP contribution in [0.3, 0.4) is 0 Å². The maximum absolute atomic E-state index is 12.1. The summed E-state index contributed by atoms with van der Waals surface area (Å²) in [6.45, 7) is 2.50. The quantitative estimate of drug-likeness (QED) is 0.768. The van der Waals surface area contributed by atoms with Crippen LogP contribution in [0.25, 0.3) is 0 Å². The van der Waals surface area contributed by atoms with Crippen LogP contribution in [0.15, 0.2) is 12.4 Å². The molecule has 98 valence electrons. The van der Waals surface area contributed by atoms with Crippen molar-refractivity contribution in [3.63, 3.8) is 0 Å². The van der Waals surface area contributed by atoms with Gasteiger partial charge in [0.05, 0.1) is 11.4 Å². The maximum Gasteiger partial charge on any atom is 0.218 e. The summed E-state index contributed by atoms with van der Waals surface area (Å²) in [4.78, 5) is 0. The first-order valence-electron chi connectivity index (χ1n) is 5.45. The molecule has 0 bridgehead atoms. The summed E-state index contributed by atoms with van der Waals surface area (Å²) in [5, 5.41) is 6.45. The average Bonchev–Trinajstić information content (AvgIpc) is 2.64. The summed E-state index contributed by atoms with van der Waals surface area (Å²) in [6.07, 6.45) is 3.49. The first-order chi connectivity index (χ1) is 7.87. The van der Waals surface area contributed by atoms with Crippen molar-refractivity contribution in [1.82, 2.24) is 19.4 Å². The molecular weight excluding hydrogens is 240 g/mol. The van der Waals surface area contributed by atoms with Gasteiger partial charge in [0.15, 0.2) is 0 Å². The van der Waals surface area contributed by atoms with Crippen LogP contribution in [0.5, 0.6) is 0 Å². The molecule has 0 saturated heterocycles. The Hall–Kier alpha value is -0.920. The number of nitrogens with one attached hydrogen (secondary N) is 1. The van der Waals surface area contributed by atoms with Gasteiger partial charge in [0.2, 0.25) is 10.0 Å². The first-order valence-corrected chi connectivity index (χ1v) is 6.95. The monoisotopic (exact) mass is 260 g/mol. The van der Waals surface area contributed by atoms with Gasteiger partial charge in [0.25, 0.3) is 0 Å². The standard InChI is InChI=1S/C10H20N4O2S/c1-9(5-11-2)17(15,16)14(4)8-10-6-12-13(3)7-10/h6-7,9,11H,5,8H2,1-4H3. The molecular formula is C10H20N4O2S. The average molecular weight is 260 g/mol. The molecule has 0 aliphatic rings. The molecule has 6 nitrogen and oxygen atoms in total. The van der Waals surface area contributed by atoms with Crippen molar-refractivity contribution >= 4 is 10.0 Å². The summed E-state index contributed by atoms with van der Waals surface area (Å²) in [7, 11) is 1.89. The fraction of sp³-hybridized carbons (Fsp3) is 0.700. The van der Waals surface area contributed by atoms with Crippen molar-refractivity contribution in [2.45, 2.75) is 18.7 Å². The minimum absolute atomic E-state index is 0.351. The predicted octanol–water partition coefficient (Wildman–Crippen LogP) is -0.210. The van der Waals surface area contributed by atoms with E-state index >= 15 is 0 Å². The molecule has 1 unspecified atom stereocenters. The van der Waals surface area contributed by atoms with Crippen LogP contribution in [0.2, 0.25) is 0 Å². The number of hydrogen-bond donors (Lipinski definition) is 1. The number of nitrogens with zero attached hydrogens (tertiary/aromatic N) is 3. The van der Waals surface area contributed by atoms with Gasteiger partial charge in [-0.05, 0) is 14.0 Å². The molecule has 0 saturated carbocycles. The number of hydrogen-bond acceptors (Lipinski definition) is 4. The topological polar surface area (TPSA) is 67.2 Å². The maximum atomic E-state index is 12.1. The summed E-state index contributed by atoms with van der Waals surface area (Å²) in [5.74, 6) is 0. The highest BCUT2D eigenvalue weighted by Gasteiger charge is 2.25. The van der Waals surface area contributed by atoms with E-state index in [1.807, 2.05) is 13.2 Å². The zero-order valence-electron chi connectivity index (χ0n) is 10.7. The third-order valence-corrected chi connectivity index (χ3v) is 4.78. The lowest BCUT2D eigenvalue weighted by molar-refractivity contribution is 0.455. The van der Waals surface area contributed by atoms with E-state index in [1.165, 1.54) is 4.31 Å². The van der Waals surface area contributed by atoms with Gasteiger partial charge in [0, 0.05) is 38.9 Å². The second-order valence-corrected chi connectivity index (χ2v) is 6.65. The molecule has 0 fully saturated rings. The van der Waals surface area contributed by atoms with Crippen LogP contribution >= 0.6 is 0 Å². The van der Waals surface area contributed by atoms with Gasteiger partial charge in [0.1, 0.15) is 0 Å². The van der Waals surface area contributed by atoms with Crippen LogP contribution in [0.1, 0.15) is 12.5 Å². The van der Waals surface area contributed by atoms with Gasteiger partial charge in [-0.2, -0.15) is 5.10 Å². The van der Waals surface area contributed by atoms with E-state index in [2.05, 4.69) is 10.4 Å². The number of aryl methyl sites for hydroxylation is 1. The second-order valence-electron chi connectivity index (χ2n) is 4.19. The summed E-state index contributed by atoms with van der Waals surface area (Å²) in [5.41, 5.74) is 0.884. The molecule has 0 spiro atoms. The molecule has 1 aromatic heterocycles. The Balaban J connectivity index is 2.72. The molecule has 0 radical (unpaired) electrons. The Kier molecular flexibility index (Phi) is 4.67. The lowest BCUT2D eigenvalue weighted by Crippen LogP contribution is -2.38. The van der Waals surface area contributed by atoms with Crippen LogP contribution in [-0.4, -0.2) is 48.4 Å². The SMILES string of the molecule is CNCC(C)S(=O)(=O)N(C)Cc1cnn(C)c1. The molecule has 1 N–H and O–H groups in total. The molecule has 0 aromatic carbocycles. The van der Waals surface area contributed by atoms with Gasteiger partial charge in [-0.3, -0.25) is 4.68 Å². The van der Waals surface area contributed by atoms with Gasteiger partial charge in [-0.25, -0.2) is 12.7 Å². The first kappa shape index (κ1) is 14.1. The van der Waals surface area contributed by atoms with E-state index < -0.39 is 15.3 Å².